The van der Waals surface area contributed by atoms with E-state index in [0.717, 1.165) is 0 Å². The fourth-order valence-corrected chi connectivity index (χ4v) is 1.98. The zero-order valence-corrected chi connectivity index (χ0v) is 13.2. The van der Waals surface area contributed by atoms with Gasteiger partial charge in [0.2, 0.25) is 0 Å². The number of benzene rings is 1. The molecule has 1 heterocycles. The van der Waals surface area contributed by atoms with Crippen molar-refractivity contribution < 1.29 is 19.4 Å². The summed E-state index contributed by atoms with van der Waals surface area (Å²) >= 11 is 0. The van der Waals surface area contributed by atoms with Gasteiger partial charge in [-0.15, -0.1) is 0 Å². The lowest BCUT2D eigenvalue weighted by atomic mass is 10.2. The van der Waals surface area contributed by atoms with E-state index < -0.39 is 5.97 Å². The molecular weight excluding hydrogens is 310 g/mol. The second-order valence-corrected chi connectivity index (χ2v) is 5.16. The van der Waals surface area contributed by atoms with Crippen LogP contribution in [0, 0.1) is 0 Å². The van der Waals surface area contributed by atoms with E-state index in [0.29, 0.717) is 23.5 Å². The third kappa shape index (κ3) is 5.60. The van der Waals surface area contributed by atoms with Crippen LogP contribution in [0.5, 0.6) is 5.75 Å². The standard InChI is InChI=1S/C17H19N3O4/c1-12(24-15-6-3-7-18-10-15)9-20-17(23)13-4-2-5-14(8-13)19-11-16(21)22/h2-8,10,12,19H,9,11H2,1H3,(H,20,23)(H,21,22). The Balaban J connectivity index is 1.85. The number of ether oxygens (including phenoxy) is 1. The molecule has 0 radical (unpaired) electrons. The van der Waals surface area contributed by atoms with E-state index in [2.05, 4.69) is 15.6 Å². The summed E-state index contributed by atoms with van der Waals surface area (Å²) in [5, 5.41) is 14.2. The van der Waals surface area contributed by atoms with Gasteiger partial charge in [-0.2, -0.15) is 0 Å². The molecule has 0 saturated heterocycles. The minimum atomic E-state index is -0.966. The van der Waals surface area contributed by atoms with Crippen molar-refractivity contribution in [3.8, 4) is 5.75 Å². The van der Waals surface area contributed by atoms with Crippen LogP contribution in [0.2, 0.25) is 0 Å². The summed E-state index contributed by atoms with van der Waals surface area (Å²) in [6.45, 7) is 1.97. The van der Waals surface area contributed by atoms with Gasteiger partial charge in [-0.1, -0.05) is 6.07 Å². The average molecular weight is 329 g/mol. The monoisotopic (exact) mass is 329 g/mol. The van der Waals surface area contributed by atoms with Gasteiger partial charge in [0.25, 0.3) is 5.91 Å². The number of carboxylic acid groups (broad SMARTS) is 1. The molecule has 0 aliphatic heterocycles. The van der Waals surface area contributed by atoms with Crippen molar-refractivity contribution in [2.75, 3.05) is 18.4 Å². The number of nitrogens with one attached hydrogen (secondary N) is 2. The third-order valence-corrected chi connectivity index (χ3v) is 3.09. The van der Waals surface area contributed by atoms with Crippen molar-refractivity contribution in [1.82, 2.24) is 10.3 Å². The lowest BCUT2D eigenvalue weighted by molar-refractivity contribution is -0.134. The minimum Gasteiger partial charge on any atom is -0.487 e. The van der Waals surface area contributed by atoms with Gasteiger partial charge in [0.1, 0.15) is 18.4 Å². The number of carboxylic acids is 1. The van der Waals surface area contributed by atoms with Crippen LogP contribution in [-0.2, 0) is 4.79 Å². The van der Waals surface area contributed by atoms with Gasteiger partial charge in [0.15, 0.2) is 0 Å². The predicted octanol–water partition coefficient (Wildman–Crippen LogP) is 1.78. The molecule has 0 aliphatic carbocycles. The number of carbonyl (C=O) groups is 2. The smallest absolute Gasteiger partial charge is 0.322 e. The van der Waals surface area contributed by atoms with Gasteiger partial charge in [-0.25, -0.2) is 0 Å². The quantitative estimate of drug-likeness (QED) is 0.682. The summed E-state index contributed by atoms with van der Waals surface area (Å²) in [7, 11) is 0. The van der Waals surface area contributed by atoms with Crippen molar-refractivity contribution in [3.05, 3.63) is 54.4 Å². The van der Waals surface area contributed by atoms with Crippen molar-refractivity contribution in [3.63, 3.8) is 0 Å². The SMILES string of the molecule is CC(CNC(=O)c1cccc(NCC(=O)O)c1)Oc1cccnc1. The van der Waals surface area contributed by atoms with Crippen LogP contribution in [0.25, 0.3) is 0 Å². The lowest BCUT2D eigenvalue weighted by Crippen LogP contribution is -2.33. The molecule has 1 amide bonds. The Morgan fingerprint density at radius 3 is 2.83 bits per heavy atom. The molecule has 7 nitrogen and oxygen atoms in total. The van der Waals surface area contributed by atoms with E-state index in [1.165, 1.54) is 0 Å². The summed E-state index contributed by atoms with van der Waals surface area (Å²) in [4.78, 5) is 26.7. The number of pyridine rings is 1. The van der Waals surface area contributed by atoms with Gasteiger partial charge in [-0.3, -0.25) is 14.6 Å². The number of aliphatic carboxylic acids is 1. The highest BCUT2D eigenvalue weighted by atomic mass is 16.5. The number of rotatable bonds is 8. The maximum absolute atomic E-state index is 12.2. The molecule has 2 rings (SSSR count). The number of hydrogen-bond acceptors (Lipinski definition) is 5. The number of hydrogen-bond donors (Lipinski definition) is 3. The van der Waals surface area contributed by atoms with Crippen LogP contribution in [0.1, 0.15) is 17.3 Å². The average Bonchev–Trinajstić information content (AvgIpc) is 2.59. The maximum atomic E-state index is 12.2. The molecule has 1 aromatic carbocycles. The van der Waals surface area contributed by atoms with Gasteiger partial charge in [0.05, 0.1) is 12.7 Å². The fourth-order valence-electron chi connectivity index (χ4n) is 1.98. The zero-order chi connectivity index (χ0) is 17.4. The molecule has 1 aromatic heterocycles. The molecule has 3 N–H and O–H groups in total. The van der Waals surface area contributed by atoms with Gasteiger partial charge < -0.3 is 20.5 Å². The number of nitrogens with zero attached hydrogens (tertiary/aromatic N) is 1. The number of carbonyl (C=O) groups excluding carboxylic acids is 1. The first-order valence-electron chi connectivity index (χ1n) is 7.45. The topological polar surface area (TPSA) is 101 Å². The lowest BCUT2D eigenvalue weighted by Gasteiger charge is -2.15. The van der Waals surface area contributed by atoms with Gasteiger partial charge in [-0.05, 0) is 37.3 Å². The Morgan fingerprint density at radius 2 is 2.12 bits per heavy atom. The van der Waals surface area contributed by atoms with Crippen LogP contribution in [0.3, 0.4) is 0 Å². The van der Waals surface area contributed by atoms with E-state index in [9.17, 15) is 9.59 Å². The molecule has 126 valence electrons. The molecule has 0 aliphatic rings. The second kappa shape index (κ2) is 8.52. The first-order chi connectivity index (χ1) is 11.5. The Hall–Kier alpha value is -3.09. The summed E-state index contributed by atoms with van der Waals surface area (Å²) in [5.41, 5.74) is 1.02. The Bertz CT molecular complexity index is 691. The molecule has 0 bridgehead atoms. The van der Waals surface area contributed by atoms with E-state index in [1.54, 1.807) is 48.8 Å². The Kier molecular flexibility index (Phi) is 6.13. The van der Waals surface area contributed by atoms with Crippen molar-refractivity contribution in [1.29, 1.82) is 0 Å². The third-order valence-electron chi connectivity index (χ3n) is 3.09. The van der Waals surface area contributed by atoms with Crippen molar-refractivity contribution in [2.24, 2.45) is 0 Å². The minimum absolute atomic E-state index is 0.207. The summed E-state index contributed by atoms with van der Waals surface area (Å²) in [6, 6.07) is 10.2. The molecule has 0 saturated carbocycles. The number of anilines is 1. The summed E-state index contributed by atoms with van der Waals surface area (Å²) in [6.07, 6.45) is 3.05. The van der Waals surface area contributed by atoms with E-state index in [1.807, 2.05) is 6.92 Å². The Morgan fingerprint density at radius 1 is 1.29 bits per heavy atom. The van der Waals surface area contributed by atoms with Crippen LogP contribution in [0.15, 0.2) is 48.8 Å². The molecule has 1 atom stereocenters. The van der Waals surface area contributed by atoms with E-state index in [4.69, 9.17) is 9.84 Å². The Labute approximate surface area is 139 Å². The van der Waals surface area contributed by atoms with E-state index in [-0.39, 0.29) is 18.6 Å². The van der Waals surface area contributed by atoms with Crippen LogP contribution in [-0.4, -0.2) is 41.2 Å². The summed E-state index contributed by atoms with van der Waals surface area (Å²) in [5.74, 6) is -0.582. The first-order valence-corrected chi connectivity index (χ1v) is 7.45. The van der Waals surface area contributed by atoms with Crippen LogP contribution in [0.4, 0.5) is 5.69 Å². The second-order valence-electron chi connectivity index (χ2n) is 5.16. The molecular formula is C17H19N3O4. The first kappa shape index (κ1) is 17.3. The van der Waals surface area contributed by atoms with Crippen LogP contribution < -0.4 is 15.4 Å². The highest BCUT2D eigenvalue weighted by Gasteiger charge is 2.10. The van der Waals surface area contributed by atoms with Crippen molar-refractivity contribution in [2.45, 2.75) is 13.0 Å². The van der Waals surface area contributed by atoms with Gasteiger partial charge in [0, 0.05) is 17.4 Å². The van der Waals surface area contributed by atoms with Gasteiger partial charge >= 0.3 is 5.97 Å². The highest BCUT2D eigenvalue weighted by molar-refractivity contribution is 5.95. The largest absolute Gasteiger partial charge is 0.487 e. The molecule has 24 heavy (non-hydrogen) atoms. The number of aromatic nitrogens is 1. The molecule has 1 unspecified atom stereocenters. The zero-order valence-electron chi connectivity index (χ0n) is 13.2. The highest BCUT2D eigenvalue weighted by Crippen LogP contribution is 2.11. The maximum Gasteiger partial charge on any atom is 0.322 e. The predicted molar refractivity (Wildman–Crippen MR) is 89.2 cm³/mol. The fraction of sp³-hybridized carbons (Fsp3) is 0.235. The summed E-state index contributed by atoms with van der Waals surface area (Å²) < 4.78 is 5.63. The molecule has 0 spiro atoms. The molecule has 2 aromatic rings. The van der Waals surface area contributed by atoms with Crippen molar-refractivity contribution >= 4 is 17.6 Å². The molecule has 7 heteroatoms. The number of amides is 1. The molecule has 0 fully saturated rings. The van der Waals surface area contributed by atoms with E-state index >= 15 is 0 Å². The van der Waals surface area contributed by atoms with Crippen LogP contribution >= 0.6 is 0 Å². The normalized spacial score (nSPS) is 11.4.